The first kappa shape index (κ1) is 15.1. The molecule has 0 saturated carbocycles. The predicted octanol–water partition coefficient (Wildman–Crippen LogP) is 0.909. The molecular formula is C12H24N4O2. The average molecular weight is 256 g/mol. The van der Waals surface area contributed by atoms with Gasteiger partial charge in [-0.3, -0.25) is 4.68 Å². The minimum absolute atomic E-state index is 0.243. The topological polar surface area (TPSA) is 61.2 Å². The lowest BCUT2D eigenvalue weighted by molar-refractivity contribution is 0.0654. The fourth-order valence-electron chi connectivity index (χ4n) is 1.73. The van der Waals surface area contributed by atoms with Crippen LogP contribution in [-0.2, 0) is 16.5 Å². The van der Waals surface area contributed by atoms with E-state index in [1.165, 1.54) is 0 Å². The molecule has 0 spiro atoms. The Balaban J connectivity index is 2.39. The Hall–Kier alpha value is -0.980. The van der Waals surface area contributed by atoms with Gasteiger partial charge in [0.1, 0.15) is 0 Å². The van der Waals surface area contributed by atoms with E-state index in [-0.39, 0.29) is 6.04 Å². The summed E-state index contributed by atoms with van der Waals surface area (Å²) in [6.07, 6.45) is 3.82. The van der Waals surface area contributed by atoms with Crippen LogP contribution in [-0.4, -0.2) is 48.5 Å². The van der Waals surface area contributed by atoms with Crippen LogP contribution in [0.25, 0.3) is 0 Å². The molecule has 104 valence electrons. The number of hydrogen-bond donors (Lipinski definition) is 1. The highest BCUT2D eigenvalue weighted by Gasteiger charge is 2.14. The first-order valence-electron chi connectivity index (χ1n) is 6.44. The Kier molecular flexibility index (Phi) is 7.55. The van der Waals surface area contributed by atoms with Crippen LogP contribution in [0.1, 0.15) is 31.5 Å². The minimum atomic E-state index is 0.243. The van der Waals surface area contributed by atoms with Crippen molar-refractivity contribution in [2.75, 3.05) is 33.5 Å². The molecule has 0 amide bonds. The molecule has 0 saturated heterocycles. The summed E-state index contributed by atoms with van der Waals surface area (Å²) >= 11 is 0. The Morgan fingerprint density at radius 2 is 2.22 bits per heavy atom. The van der Waals surface area contributed by atoms with E-state index in [1.54, 1.807) is 7.11 Å². The maximum absolute atomic E-state index is 5.51. The van der Waals surface area contributed by atoms with E-state index in [0.29, 0.717) is 19.8 Å². The summed E-state index contributed by atoms with van der Waals surface area (Å²) in [5, 5.41) is 11.4. The Morgan fingerprint density at radius 3 is 2.83 bits per heavy atom. The molecule has 1 heterocycles. The maximum Gasteiger partial charge on any atom is 0.0754 e. The number of rotatable bonds is 10. The lowest BCUT2D eigenvalue weighted by Gasteiger charge is -2.18. The Morgan fingerprint density at radius 1 is 1.39 bits per heavy atom. The van der Waals surface area contributed by atoms with E-state index in [9.17, 15) is 0 Å². The molecule has 0 aromatic carbocycles. The van der Waals surface area contributed by atoms with Gasteiger partial charge in [0, 0.05) is 20.8 Å². The number of ether oxygens (including phenoxy) is 2. The minimum Gasteiger partial charge on any atom is -0.382 e. The van der Waals surface area contributed by atoms with Crippen molar-refractivity contribution < 1.29 is 9.47 Å². The van der Waals surface area contributed by atoms with E-state index in [0.717, 1.165) is 25.1 Å². The molecule has 1 atom stereocenters. The fourth-order valence-corrected chi connectivity index (χ4v) is 1.73. The van der Waals surface area contributed by atoms with Crippen LogP contribution in [0.3, 0.4) is 0 Å². The van der Waals surface area contributed by atoms with E-state index in [4.69, 9.17) is 9.47 Å². The molecule has 0 aliphatic carbocycles. The smallest absolute Gasteiger partial charge is 0.0754 e. The second-order valence-corrected chi connectivity index (χ2v) is 4.18. The lowest BCUT2D eigenvalue weighted by Crippen LogP contribution is -2.25. The van der Waals surface area contributed by atoms with Gasteiger partial charge < -0.3 is 14.8 Å². The van der Waals surface area contributed by atoms with Gasteiger partial charge in [-0.05, 0) is 19.4 Å². The van der Waals surface area contributed by atoms with Crippen molar-refractivity contribution in [3.8, 4) is 0 Å². The summed E-state index contributed by atoms with van der Waals surface area (Å²) in [5.74, 6) is 0. The maximum atomic E-state index is 5.51. The van der Waals surface area contributed by atoms with Gasteiger partial charge >= 0.3 is 0 Å². The van der Waals surface area contributed by atoms with Gasteiger partial charge in [-0.15, -0.1) is 5.10 Å². The zero-order valence-corrected chi connectivity index (χ0v) is 11.6. The molecule has 1 unspecified atom stereocenters. The lowest BCUT2D eigenvalue weighted by atomic mass is 10.1. The third-order valence-corrected chi connectivity index (χ3v) is 2.73. The highest BCUT2D eigenvalue weighted by molar-refractivity contribution is 5.01. The van der Waals surface area contributed by atoms with Gasteiger partial charge in [0.15, 0.2) is 0 Å². The number of aromatic nitrogens is 3. The molecule has 0 radical (unpaired) electrons. The van der Waals surface area contributed by atoms with E-state index < -0.39 is 0 Å². The standard InChI is InChI=1S/C12H24N4O2/c1-4-6-13-11(5-7-18-9-8-17-3)12-10-14-15-16(12)2/h10-11,13H,4-9H2,1-3H3. The predicted molar refractivity (Wildman–Crippen MR) is 69.3 cm³/mol. The van der Waals surface area contributed by atoms with Crippen LogP contribution < -0.4 is 5.32 Å². The molecule has 6 nitrogen and oxygen atoms in total. The highest BCUT2D eigenvalue weighted by atomic mass is 16.5. The van der Waals surface area contributed by atoms with Gasteiger partial charge in [0.25, 0.3) is 0 Å². The summed E-state index contributed by atoms with van der Waals surface area (Å²) in [6, 6.07) is 0.243. The molecule has 0 aliphatic rings. The average Bonchev–Trinajstić information content (AvgIpc) is 2.79. The molecular weight excluding hydrogens is 232 g/mol. The largest absolute Gasteiger partial charge is 0.382 e. The Labute approximate surface area is 109 Å². The number of nitrogens with zero attached hydrogens (tertiary/aromatic N) is 3. The second kappa shape index (κ2) is 9.02. The second-order valence-electron chi connectivity index (χ2n) is 4.18. The van der Waals surface area contributed by atoms with Gasteiger partial charge in [-0.2, -0.15) is 0 Å². The van der Waals surface area contributed by atoms with Crippen molar-refractivity contribution in [3.05, 3.63) is 11.9 Å². The van der Waals surface area contributed by atoms with Gasteiger partial charge in [0.05, 0.1) is 31.1 Å². The number of hydrogen-bond acceptors (Lipinski definition) is 5. The van der Waals surface area contributed by atoms with Crippen LogP contribution in [0.15, 0.2) is 6.20 Å². The van der Waals surface area contributed by atoms with Crippen LogP contribution >= 0.6 is 0 Å². The van der Waals surface area contributed by atoms with Crippen molar-refractivity contribution in [2.24, 2.45) is 7.05 Å². The van der Waals surface area contributed by atoms with E-state index in [2.05, 4.69) is 22.6 Å². The molecule has 1 aromatic heterocycles. The van der Waals surface area contributed by atoms with Crippen molar-refractivity contribution in [1.82, 2.24) is 20.3 Å². The molecule has 0 bridgehead atoms. The normalized spacial score (nSPS) is 12.8. The summed E-state index contributed by atoms with van der Waals surface area (Å²) in [4.78, 5) is 0. The zero-order chi connectivity index (χ0) is 13.2. The summed E-state index contributed by atoms with van der Waals surface area (Å²) in [5.41, 5.74) is 1.10. The third-order valence-electron chi connectivity index (χ3n) is 2.73. The van der Waals surface area contributed by atoms with Crippen molar-refractivity contribution in [1.29, 1.82) is 0 Å². The van der Waals surface area contributed by atoms with E-state index >= 15 is 0 Å². The van der Waals surface area contributed by atoms with Crippen LogP contribution in [0.5, 0.6) is 0 Å². The fraction of sp³-hybridized carbons (Fsp3) is 0.833. The van der Waals surface area contributed by atoms with Gasteiger partial charge in [0.2, 0.25) is 0 Å². The highest BCUT2D eigenvalue weighted by Crippen LogP contribution is 2.14. The first-order valence-corrected chi connectivity index (χ1v) is 6.44. The monoisotopic (exact) mass is 256 g/mol. The molecule has 18 heavy (non-hydrogen) atoms. The van der Waals surface area contributed by atoms with Gasteiger partial charge in [-0.25, -0.2) is 0 Å². The summed E-state index contributed by atoms with van der Waals surface area (Å²) in [7, 11) is 3.59. The summed E-state index contributed by atoms with van der Waals surface area (Å²) < 4.78 is 12.3. The van der Waals surface area contributed by atoms with Crippen molar-refractivity contribution >= 4 is 0 Å². The van der Waals surface area contributed by atoms with Crippen LogP contribution in [0.4, 0.5) is 0 Å². The van der Waals surface area contributed by atoms with Crippen molar-refractivity contribution in [3.63, 3.8) is 0 Å². The van der Waals surface area contributed by atoms with Crippen molar-refractivity contribution in [2.45, 2.75) is 25.8 Å². The first-order chi connectivity index (χ1) is 8.79. The molecule has 0 fully saturated rings. The molecule has 0 aliphatic heterocycles. The van der Waals surface area contributed by atoms with E-state index in [1.807, 2.05) is 17.9 Å². The molecule has 1 N–H and O–H groups in total. The zero-order valence-electron chi connectivity index (χ0n) is 11.6. The number of methoxy groups -OCH3 is 1. The molecule has 6 heteroatoms. The van der Waals surface area contributed by atoms with Crippen LogP contribution in [0.2, 0.25) is 0 Å². The SMILES string of the molecule is CCCNC(CCOCCOC)c1cnnn1C. The summed E-state index contributed by atoms with van der Waals surface area (Å²) in [6.45, 7) is 5.12. The van der Waals surface area contributed by atoms with Gasteiger partial charge in [-0.1, -0.05) is 12.1 Å². The Bertz CT molecular complexity index is 317. The molecule has 1 rings (SSSR count). The number of aryl methyl sites for hydroxylation is 1. The molecule has 1 aromatic rings. The number of nitrogens with one attached hydrogen (secondary N) is 1. The van der Waals surface area contributed by atoms with Crippen LogP contribution in [0, 0.1) is 0 Å². The quantitative estimate of drug-likeness (QED) is 0.630. The third kappa shape index (κ3) is 5.12.